The van der Waals surface area contributed by atoms with Crippen molar-refractivity contribution in [3.63, 3.8) is 0 Å². The van der Waals surface area contributed by atoms with Crippen molar-refractivity contribution in [2.75, 3.05) is 0 Å². The smallest absolute Gasteiger partial charge is 0.190 e. The van der Waals surface area contributed by atoms with Gasteiger partial charge in [0.2, 0.25) is 0 Å². The van der Waals surface area contributed by atoms with E-state index in [0.29, 0.717) is 10.5 Å². The second-order valence-corrected chi connectivity index (χ2v) is 9.71. The zero-order chi connectivity index (χ0) is 18.8. The van der Waals surface area contributed by atoms with Crippen molar-refractivity contribution in [1.82, 2.24) is 0 Å². The third-order valence-electron chi connectivity index (χ3n) is 7.36. The van der Waals surface area contributed by atoms with Gasteiger partial charge in [0.25, 0.3) is 0 Å². The first kappa shape index (κ1) is 25.0. The predicted octanol–water partition coefficient (Wildman–Crippen LogP) is 3.90. The Morgan fingerprint density at radius 3 is 2.04 bits per heavy atom. The van der Waals surface area contributed by atoms with Gasteiger partial charge in [0.15, 0.2) is 13.1 Å². The van der Waals surface area contributed by atoms with Gasteiger partial charge in [-0.05, 0) is 5.92 Å². The highest BCUT2D eigenvalue weighted by Gasteiger charge is 2.44. The van der Waals surface area contributed by atoms with E-state index < -0.39 is 0 Å². The normalized spacial score (nSPS) is 19.0. The van der Waals surface area contributed by atoms with Crippen molar-refractivity contribution >= 4 is 60.3 Å². The summed E-state index contributed by atoms with van der Waals surface area (Å²) < 4.78 is 0. The lowest BCUT2D eigenvalue weighted by atomic mass is 9.07. The fourth-order valence-electron chi connectivity index (χ4n) is 4.46. The standard InChI is InChI=1S/C17H41B5S2/c1-6-9-15(21-24)11-10-14(12-13-20-23)16(4,7-2)22(19)17(5,18)8-3/h14-15,20-21,23-24H,6-13,18-19H2,1-5H3. The number of hydrogen-bond donors (Lipinski definition) is 2. The molecule has 0 aliphatic heterocycles. The molecule has 136 valence electrons. The van der Waals surface area contributed by atoms with Crippen molar-refractivity contribution in [3.8, 4) is 0 Å². The average Bonchev–Trinajstić information content (AvgIpc) is 2.59. The van der Waals surface area contributed by atoms with Gasteiger partial charge in [-0.15, -0.1) is 0 Å². The summed E-state index contributed by atoms with van der Waals surface area (Å²) in [5, 5.41) is 0.839. The quantitative estimate of drug-likeness (QED) is 0.339. The van der Waals surface area contributed by atoms with Gasteiger partial charge in [0, 0.05) is 0 Å². The van der Waals surface area contributed by atoms with Crippen LogP contribution in [0.1, 0.15) is 79.6 Å². The Labute approximate surface area is 168 Å². The molecule has 0 radical (unpaired) electrons. The maximum atomic E-state index is 4.61. The molecule has 0 fully saturated rings. The maximum absolute atomic E-state index is 4.61. The largest absolute Gasteiger partial charge is 0.232 e. The molecule has 0 aromatic carbocycles. The number of hydrogen-bond acceptors (Lipinski definition) is 2. The molecule has 0 aromatic rings. The molecule has 0 saturated carbocycles. The zero-order valence-electron chi connectivity index (χ0n) is 17.7. The first-order valence-corrected chi connectivity index (χ1v) is 11.7. The minimum Gasteiger partial charge on any atom is -0.232 e. The summed E-state index contributed by atoms with van der Waals surface area (Å²) in [5.74, 6) is 1.61. The molecule has 0 heterocycles. The van der Waals surface area contributed by atoms with E-state index in [4.69, 9.17) is 0 Å². The second-order valence-electron chi connectivity index (χ2n) is 8.90. The van der Waals surface area contributed by atoms with Crippen molar-refractivity contribution in [1.29, 1.82) is 0 Å². The third-order valence-corrected chi connectivity index (χ3v) is 8.19. The molecule has 0 bridgehead atoms. The number of thiol groups is 2. The van der Waals surface area contributed by atoms with E-state index in [1.165, 1.54) is 51.3 Å². The summed E-state index contributed by atoms with van der Waals surface area (Å²) in [6, 6.07) is 0. The van der Waals surface area contributed by atoms with Crippen LogP contribution in [0, 0.1) is 5.92 Å². The minimum absolute atomic E-state index is 0.413. The molecule has 0 rings (SSSR count). The molecule has 0 aromatic heterocycles. The van der Waals surface area contributed by atoms with Crippen LogP contribution in [0.3, 0.4) is 0 Å². The SMILES string of the molecule is BB(C(B)(C)CC)C(C)(CC)C(CCBS)CCC(BS)CCC. The van der Waals surface area contributed by atoms with Gasteiger partial charge in [0.1, 0.15) is 6.60 Å². The van der Waals surface area contributed by atoms with E-state index in [-0.39, 0.29) is 0 Å². The monoisotopic (exact) mass is 364 g/mol. The van der Waals surface area contributed by atoms with E-state index >= 15 is 0 Å². The first-order valence-electron chi connectivity index (χ1n) is 10.4. The molecule has 4 atom stereocenters. The van der Waals surface area contributed by atoms with Crippen LogP contribution in [0.2, 0.25) is 22.7 Å². The molecule has 7 heteroatoms. The molecule has 0 nitrogen and oxygen atoms in total. The molecule has 24 heavy (non-hydrogen) atoms. The lowest BCUT2D eigenvalue weighted by Gasteiger charge is -2.48. The summed E-state index contributed by atoms with van der Waals surface area (Å²) in [6.07, 6.45) is 10.5. The third kappa shape index (κ3) is 7.33. The molecule has 0 amide bonds. The van der Waals surface area contributed by atoms with Gasteiger partial charge >= 0.3 is 0 Å². The Morgan fingerprint density at radius 1 is 1.00 bits per heavy atom. The molecule has 0 aliphatic rings. The molecule has 0 aliphatic carbocycles. The highest BCUT2D eigenvalue weighted by atomic mass is 32.1. The molecule has 0 spiro atoms. The van der Waals surface area contributed by atoms with Crippen LogP contribution in [0.4, 0.5) is 0 Å². The second kappa shape index (κ2) is 12.4. The van der Waals surface area contributed by atoms with E-state index in [1.54, 1.807) is 0 Å². The Hall–Kier alpha value is 1.02. The summed E-state index contributed by atoms with van der Waals surface area (Å²) in [4.78, 5) is 0. The Balaban J connectivity index is 5.26. The van der Waals surface area contributed by atoms with Crippen LogP contribution in [0.5, 0.6) is 0 Å². The first-order chi connectivity index (χ1) is 11.2. The highest BCUT2D eigenvalue weighted by molar-refractivity contribution is 8.07. The van der Waals surface area contributed by atoms with Gasteiger partial charge in [-0.2, -0.15) is 0 Å². The van der Waals surface area contributed by atoms with Gasteiger partial charge in [-0.1, -0.05) is 102 Å². The molecule has 4 unspecified atom stereocenters. The summed E-state index contributed by atoms with van der Waals surface area (Å²) in [6.45, 7) is 14.9. The Bertz CT molecular complexity index is 330. The van der Waals surface area contributed by atoms with E-state index in [2.05, 4.69) is 75.2 Å². The Morgan fingerprint density at radius 2 is 1.62 bits per heavy atom. The van der Waals surface area contributed by atoms with Crippen molar-refractivity contribution < 1.29 is 0 Å². The molecular formula is C17H41B5S2. The van der Waals surface area contributed by atoms with Gasteiger partial charge in [-0.25, -0.2) is 25.0 Å². The van der Waals surface area contributed by atoms with E-state index in [0.717, 1.165) is 31.5 Å². The fourth-order valence-corrected chi connectivity index (χ4v) is 5.01. The van der Waals surface area contributed by atoms with Crippen LogP contribution >= 0.6 is 25.0 Å². The van der Waals surface area contributed by atoms with E-state index in [1.807, 2.05) is 0 Å². The molecular weight excluding hydrogens is 322 g/mol. The molecule has 0 saturated heterocycles. The predicted molar refractivity (Wildman–Crippen MR) is 133 cm³/mol. The van der Waals surface area contributed by atoms with Crippen molar-refractivity contribution in [3.05, 3.63) is 0 Å². The van der Waals surface area contributed by atoms with Crippen molar-refractivity contribution in [2.45, 2.75) is 102 Å². The molecule has 0 N–H and O–H groups in total. The van der Waals surface area contributed by atoms with Crippen LogP contribution in [0.25, 0.3) is 0 Å². The van der Waals surface area contributed by atoms with E-state index in [9.17, 15) is 0 Å². The van der Waals surface area contributed by atoms with Crippen molar-refractivity contribution in [2.24, 2.45) is 5.92 Å². The summed E-state index contributed by atoms with van der Waals surface area (Å²) in [7, 11) is 4.98. The topological polar surface area (TPSA) is 0 Å². The lowest BCUT2D eigenvalue weighted by Crippen LogP contribution is -2.45. The van der Waals surface area contributed by atoms with Crippen LogP contribution in [-0.2, 0) is 0 Å². The maximum Gasteiger partial charge on any atom is 0.190 e. The van der Waals surface area contributed by atoms with Crippen LogP contribution in [-0.4, -0.2) is 35.3 Å². The minimum atomic E-state index is 0.413. The average molecular weight is 364 g/mol. The van der Waals surface area contributed by atoms with Gasteiger partial charge in [0.05, 0.1) is 15.6 Å². The fraction of sp³-hybridized carbons (Fsp3) is 1.00. The zero-order valence-corrected chi connectivity index (χ0v) is 19.5. The van der Waals surface area contributed by atoms with Crippen LogP contribution < -0.4 is 0 Å². The number of rotatable bonds is 14. The lowest BCUT2D eigenvalue weighted by molar-refractivity contribution is 0.315. The van der Waals surface area contributed by atoms with Gasteiger partial charge in [-0.3, -0.25) is 0 Å². The summed E-state index contributed by atoms with van der Waals surface area (Å²) in [5.41, 5.74) is 0. The van der Waals surface area contributed by atoms with Gasteiger partial charge < -0.3 is 0 Å². The Kier molecular flexibility index (Phi) is 12.9. The summed E-state index contributed by atoms with van der Waals surface area (Å²) >= 11 is 9.10. The van der Waals surface area contributed by atoms with Crippen LogP contribution in [0.15, 0.2) is 0 Å². The highest BCUT2D eigenvalue weighted by Crippen LogP contribution is 2.52.